The average molecular weight is 503 g/mol. The molecule has 0 saturated heterocycles. The molecule has 0 radical (unpaired) electrons. The Labute approximate surface area is 204 Å². The SMILES string of the molecule is Cc1nc(NCc2cnn(Cc3ccc(OCC(F)(F)F)nc3)c2)nc2c1NC(=O)[C@H](C1CC1)N2C. The van der Waals surface area contributed by atoms with Gasteiger partial charge in [-0.2, -0.15) is 23.3 Å². The number of ether oxygens (including phenoxy) is 1. The largest absolute Gasteiger partial charge is 0.468 e. The Balaban J connectivity index is 1.20. The standard InChI is InChI=1S/C23H25F3N8O2/c1-13-18-20(33(2)19(16-4-5-16)21(35)31-18)32-22(30-13)28-8-15-9-29-34(11-15)10-14-3-6-17(27-7-14)36-12-23(24,25)26/h3,6-7,9,11,16,19H,4-5,8,10,12H2,1-2H3,(H,31,35)(H,28,30,32)/t19-/m0/s1. The summed E-state index contributed by atoms with van der Waals surface area (Å²) in [6.07, 6.45) is 2.70. The monoisotopic (exact) mass is 502 g/mol. The van der Waals surface area contributed by atoms with Crippen LogP contribution in [-0.2, 0) is 17.9 Å². The number of carbonyl (C=O) groups excluding carboxylic acids is 1. The number of halogens is 3. The van der Waals surface area contributed by atoms with Gasteiger partial charge < -0.3 is 20.3 Å². The summed E-state index contributed by atoms with van der Waals surface area (Å²) in [5.74, 6) is 1.42. The quantitative estimate of drug-likeness (QED) is 0.484. The molecule has 190 valence electrons. The van der Waals surface area contributed by atoms with Crippen LogP contribution >= 0.6 is 0 Å². The van der Waals surface area contributed by atoms with E-state index >= 15 is 0 Å². The molecule has 5 rings (SSSR count). The number of likely N-dealkylation sites (N-methyl/N-ethyl adjacent to an activating group) is 1. The highest BCUT2D eigenvalue weighted by Crippen LogP contribution is 2.41. The Hall–Kier alpha value is -3.90. The zero-order chi connectivity index (χ0) is 25.4. The molecule has 1 atom stereocenters. The number of hydrogen-bond acceptors (Lipinski definition) is 8. The fourth-order valence-electron chi connectivity index (χ4n) is 4.18. The highest BCUT2D eigenvalue weighted by atomic mass is 19.4. The number of aryl methyl sites for hydroxylation is 1. The molecule has 0 aromatic carbocycles. The van der Waals surface area contributed by atoms with Crippen LogP contribution in [0.25, 0.3) is 0 Å². The van der Waals surface area contributed by atoms with Crippen molar-refractivity contribution in [3.05, 3.63) is 47.5 Å². The van der Waals surface area contributed by atoms with Crippen LogP contribution < -0.4 is 20.3 Å². The number of amides is 1. The van der Waals surface area contributed by atoms with Crippen LogP contribution in [0.2, 0.25) is 0 Å². The number of alkyl halides is 3. The van der Waals surface area contributed by atoms with Crippen LogP contribution in [0, 0.1) is 12.8 Å². The molecule has 0 spiro atoms. The van der Waals surface area contributed by atoms with E-state index in [9.17, 15) is 18.0 Å². The molecule has 2 N–H and O–H groups in total. The van der Waals surface area contributed by atoms with Crippen LogP contribution in [0.1, 0.15) is 29.7 Å². The van der Waals surface area contributed by atoms with Crippen molar-refractivity contribution in [1.82, 2.24) is 24.7 Å². The molecular formula is C23H25F3N8O2. The van der Waals surface area contributed by atoms with Crippen molar-refractivity contribution in [2.45, 2.75) is 45.1 Å². The Morgan fingerprint density at radius 2 is 2.00 bits per heavy atom. The van der Waals surface area contributed by atoms with Gasteiger partial charge in [0.2, 0.25) is 17.7 Å². The summed E-state index contributed by atoms with van der Waals surface area (Å²) in [5.41, 5.74) is 2.98. The molecule has 1 aliphatic heterocycles. The summed E-state index contributed by atoms with van der Waals surface area (Å²) in [5, 5.41) is 10.5. The van der Waals surface area contributed by atoms with E-state index in [2.05, 4.69) is 35.4 Å². The lowest BCUT2D eigenvalue weighted by molar-refractivity contribution is -0.154. The van der Waals surface area contributed by atoms with Gasteiger partial charge in [0.05, 0.1) is 18.4 Å². The first-order valence-electron chi connectivity index (χ1n) is 11.5. The molecule has 0 unspecified atom stereocenters. The third kappa shape index (κ3) is 5.34. The number of carbonyl (C=O) groups is 1. The molecular weight excluding hydrogens is 477 g/mol. The number of nitrogens with zero attached hydrogens (tertiary/aromatic N) is 6. The van der Waals surface area contributed by atoms with E-state index in [4.69, 9.17) is 0 Å². The fourth-order valence-corrected chi connectivity index (χ4v) is 4.18. The lowest BCUT2D eigenvalue weighted by Gasteiger charge is -2.35. The maximum atomic E-state index is 12.5. The fraction of sp³-hybridized carbons (Fsp3) is 0.435. The van der Waals surface area contributed by atoms with Crippen LogP contribution in [0.5, 0.6) is 5.88 Å². The first-order valence-corrected chi connectivity index (χ1v) is 11.5. The van der Waals surface area contributed by atoms with E-state index in [0.29, 0.717) is 42.2 Å². The molecule has 13 heteroatoms. The molecule has 36 heavy (non-hydrogen) atoms. The second-order valence-electron chi connectivity index (χ2n) is 9.02. The van der Waals surface area contributed by atoms with Crippen LogP contribution in [0.15, 0.2) is 30.7 Å². The average Bonchev–Trinajstić information content (AvgIpc) is 3.56. The maximum Gasteiger partial charge on any atom is 0.422 e. The molecule has 1 amide bonds. The number of aromatic nitrogens is 5. The number of nitrogens with one attached hydrogen (secondary N) is 2. The van der Waals surface area contributed by atoms with Crippen molar-refractivity contribution < 1.29 is 22.7 Å². The summed E-state index contributed by atoms with van der Waals surface area (Å²) in [7, 11) is 1.89. The Morgan fingerprint density at radius 3 is 2.69 bits per heavy atom. The molecule has 1 saturated carbocycles. The summed E-state index contributed by atoms with van der Waals surface area (Å²) in [4.78, 5) is 27.5. The van der Waals surface area contributed by atoms with E-state index in [0.717, 1.165) is 24.0 Å². The van der Waals surface area contributed by atoms with Gasteiger partial charge in [-0.25, -0.2) is 9.97 Å². The minimum Gasteiger partial charge on any atom is -0.468 e. The second kappa shape index (κ2) is 9.28. The molecule has 10 nitrogen and oxygen atoms in total. The van der Waals surface area contributed by atoms with E-state index in [1.807, 2.05) is 25.1 Å². The Bertz CT molecular complexity index is 1260. The van der Waals surface area contributed by atoms with Gasteiger partial charge in [0.1, 0.15) is 11.7 Å². The van der Waals surface area contributed by atoms with Crippen LogP contribution in [0.4, 0.5) is 30.6 Å². The van der Waals surface area contributed by atoms with Crippen molar-refractivity contribution in [2.75, 3.05) is 29.2 Å². The number of hydrogen-bond donors (Lipinski definition) is 2. The predicted octanol–water partition coefficient (Wildman–Crippen LogP) is 3.14. The van der Waals surface area contributed by atoms with Crippen molar-refractivity contribution >= 4 is 23.4 Å². The molecule has 1 aliphatic carbocycles. The Morgan fingerprint density at radius 1 is 1.19 bits per heavy atom. The van der Waals surface area contributed by atoms with Gasteiger partial charge in [-0.05, 0) is 31.2 Å². The molecule has 2 aliphatic rings. The van der Waals surface area contributed by atoms with Crippen molar-refractivity contribution in [2.24, 2.45) is 5.92 Å². The molecule has 4 heterocycles. The highest BCUT2D eigenvalue weighted by Gasteiger charge is 2.43. The van der Waals surface area contributed by atoms with Gasteiger partial charge in [0, 0.05) is 37.6 Å². The van der Waals surface area contributed by atoms with E-state index in [1.165, 1.54) is 12.3 Å². The van der Waals surface area contributed by atoms with Crippen molar-refractivity contribution in [3.8, 4) is 5.88 Å². The molecule has 0 bridgehead atoms. The lowest BCUT2D eigenvalue weighted by atomic mass is 10.1. The normalized spacial score (nSPS) is 17.5. The zero-order valence-corrected chi connectivity index (χ0v) is 19.7. The molecule has 3 aromatic heterocycles. The first-order chi connectivity index (χ1) is 17.2. The molecule has 1 fully saturated rings. The summed E-state index contributed by atoms with van der Waals surface area (Å²) < 4.78 is 43.1. The highest BCUT2D eigenvalue weighted by molar-refractivity contribution is 6.03. The van der Waals surface area contributed by atoms with E-state index in [-0.39, 0.29) is 17.8 Å². The number of fused-ring (bicyclic) bond motifs is 1. The van der Waals surface area contributed by atoms with E-state index < -0.39 is 12.8 Å². The van der Waals surface area contributed by atoms with Gasteiger partial charge in [0.25, 0.3) is 0 Å². The van der Waals surface area contributed by atoms with Crippen molar-refractivity contribution in [3.63, 3.8) is 0 Å². The van der Waals surface area contributed by atoms with Gasteiger partial charge in [0.15, 0.2) is 12.4 Å². The maximum absolute atomic E-state index is 12.5. The van der Waals surface area contributed by atoms with Gasteiger partial charge in [-0.3, -0.25) is 9.48 Å². The third-order valence-corrected chi connectivity index (χ3v) is 6.07. The minimum atomic E-state index is -4.41. The summed E-state index contributed by atoms with van der Waals surface area (Å²) in [6.45, 7) is 1.29. The zero-order valence-electron chi connectivity index (χ0n) is 19.7. The first kappa shape index (κ1) is 23.8. The second-order valence-corrected chi connectivity index (χ2v) is 9.02. The van der Waals surface area contributed by atoms with Crippen LogP contribution in [0.3, 0.4) is 0 Å². The topological polar surface area (TPSA) is 110 Å². The third-order valence-electron chi connectivity index (χ3n) is 6.07. The Kier molecular flexibility index (Phi) is 6.14. The lowest BCUT2D eigenvalue weighted by Crippen LogP contribution is -2.48. The smallest absolute Gasteiger partial charge is 0.422 e. The van der Waals surface area contributed by atoms with Gasteiger partial charge >= 0.3 is 6.18 Å². The van der Waals surface area contributed by atoms with Crippen molar-refractivity contribution in [1.29, 1.82) is 0 Å². The number of rotatable bonds is 8. The number of pyridine rings is 1. The number of anilines is 3. The summed E-state index contributed by atoms with van der Waals surface area (Å²) in [6, 6.07) is 2.83. The molecule has 3 aromatic rings. The van der Waals surface area contributed by atoms with Gasteiger partial charge in [-0.15, -0.1) is 0 Å². The van der Waals surface area contributed by atoms with Crippen LogP contribution in [-0.4, -0.2) is 56.5 Å². The van der Waals surface area contributed by atoms with Gasteiger partial charge in [-0.1, -0.05) is 6.07 Å². The summed E-state index contributed by atoms with van der Waals surface area (Å²) >= 11 is 0. The van der Waals surface area contributed by atoms with E-state index in [1.54, 1.807) is 16.9 Å². The predicted molar refractivity (Wildman–Crippen MR) is 125 cm³/mol. The minimum absolute atomic E-state index is 0.00834.